The summed E-state index contributed by atoms with van der Waals surface area (Å²) in [4.78, 5) is 0. The Morgan fingerprint density at radius 2 is 1.80 bits per heavy atom. The second-order valence-corrected chi connectivity index (χ2v) is 5.83. The maximum absolute atomic E-state index is 13.4. The molecule has 0 saturated carbocycles. The van der Waals surface area contributed by atoms with Gasteiger partial charge in [0.1, 0.15) is 5.82 Å². The van der Waals surface area contributed by atoms with Crippen LogP contribution in [-0.4, -0.2) is 7.05 Å². The van der Waals surface area contributed by atoms with Crippen LogP contribution in [0.1, 0.15) is 29.7 Å². The van der Waals surface area contributed by atoms with Gasteiger partial charge in [0, 0.05) is 10.5 Å². The molecule has 1 atom stereocenters. The minimum absolute atomic E-state index is 0.189. The zero-order valence-corrected chi connectivity index (χ0v) is 13.4. The molecule has 0 bridgehead atoms. The summed E-state index contributed by atoms with van der Waals surface area (Å²) in [7, 11) is 1.94. The largest absolute Gasteiger partial charge is 0.313 e. The fraction of sp³-hybridized carbons (Fsp3) is 0.294. The van der Waals surface area contributed by atoms with E-state index in [1.807, 2.05) is 13.1 Å². The molecule has 0 spiro atoms. The van der Waals surface area contributed by atoms with Crippen molar-refractivity contribution in [2.24, 2.45) is 0 Å². The Morgan fingerprint density at radius 1 is 1.10 bits per heavy atom. The first-order valence-corrected chi connectivity index (χ1v) is 7.62. The van der Waals surface area contributed by atoms with Gasteiger partial charge in [0.2, 0.25) is 0 Å². The van der Waals surface area contributed by atoms with E-state index in [1.54, 1.807) is 6.07 Å². The van der Waals surface area contributed by atoms with Gasteiger partial charge >= 0.3 is 0 Å². The summed E-state index contributed by atoms with van der Waals surface area (Å²) in [6.07, 6.45) is 1.81. The zero-order valence-electron chi connectivity index (χ0n) is 11.8. The predicted molar refractivity (Wildman–Crippen MR) is 85.4 cm³/mol. The lowest BCUT2D eigenvalue weighted by Gasteiger charge is -2.17. The molecular formula is C17H19BrFN. The lowest BCUT2D eigenvalue weighted by molar-refractivity contribution is 0.583. The quantitative estimate of drug-likeness (QED) is 0.838. The number of benzene rings is 2. The van der Waals surface area contributed by atoms with Gasteiger partial charge in [0.25, 0.3) is 0 Å². The average molecular weight is 336 g/mol. The molecule has 0 amide bonds. The molecule has 0 aliphatic heterocycles. The van der Waals surface area contributed by atoms with Crippen LogP contribution in [-0.2, 0) is 12.8 Å². The maximum atomic E-state index is 13.4. The molecule has 0 fully saturated rings. The molecule has 1 N–H and O–H groups in total. The van der Waals surface area contributed by atoms with Crippen LogP contribution in [0.3, 0.4) is 0 Å². The number of hydrogen-bond donors (Lipinski definition) is 1. The van der Waals surface area contributed by atoms with Crippen molar-refractivity contribution in [3.05, 3.63) is 69.4 Å². The van der Waals surface area contributed by atoms with E-state index in [4.69, 9.17) is 0 Å². The Bertz CT molecular complexity index is 545. The van der Waals surface area contributed by atoms with Gasteiger partial charge in [0.05, 0.1) is 0 Å². The van der Waals surface area contributed by atoms with Crippen LogP contribution in [0, 0.1) is 5.82 Å². The molecule has 0 radical (unpaired) electrons. The molecular weight excluding hydrogens is 317 g/mol. The molecule has 0 saturated heterocycles. The standard InChI is InChI=1S/C17H19BrFN/c1-3-12-4-6-14(7-5-12)17(20-2)10-13-8-15(18)11-16(19)9-13/h4-9,11,17,20H,3,10H2,1-2H3. The Balaban J connectivity index is 2.19. The molecule has 2 rings (SSSR count). The van der Waals surface area contributed by atoms with Gasteiger partial charge in [-0.1, -0.05) is 47.1 Å². The van der Waals surface area contributed by atoms with Crippen LogP contribution in [0.4, 0.5) is 4.39 Å². The maximum Gasteiger partial charge on any atom is 0.124 e. The van der Waals surface area contributed by atoms with E-state index < -0.39 is 0 Å². The second kappa shape index (κ2) is 7.00. The van der Waals surface area contributed by atoms with E-state index in [0.717, 1.165) is 22.9 Å². The Kier molecular flexibility index (Phi) is 5.32. The SMILES string of the molecule is CCc1ccc(C(Cc2cc(F)cc(Br)c2)NC)cc1. The summed E-state index contributed by atoms with van der Waals surface area (Å²) in [5.41, 5.74) is 3.54. The van der Waals surface area contributed by atoms with Crippen LogP contribution in [0.25, 0.3) is 0 Å². The first kappa shape index (κ1) is 15.2. The van der Waals surface area contributed by atoms with E-state index in [1.165, 1.54) is 17.2 Å². The van der Waals surface area contributed by atoms with Crippen LogP contribution in [0.5, 0.6) is 0 Å². The summed E-state index contributed by atoms with van der Waals surface area (Å²) < 4.78 is 14.2. The number of halogens is 2. The third-order valence-corrected chi connectivity index (χ3v) is 3.96. The third kappa shape index (κ3) is 3.90. The van der Waals surface area contributed by atoms with Crippen LogP contribution >= 0.6 is 15.9 Å². The van der Waals surface area contributed by atoms with E-state index >= 15 is 0 Å². The number of likely N-dealkylation sites (N-methyl/N-ethyl adjacent to an activating group) is 1. The molecule has 106 valence electrons. The van der Waals surface area contributed by atoms with Crippen molar-refractivity contribution < 1.29 is 4.39 Å². The summed E-state index contributed by atoms with van der Waals surface area (Å²) >= 11 is 3.34. The molecule has 2 aromatic carbocycles. The van der Waals surface area contributed by atoms with Gasteiger partial charge in [-0.3, -0.25) is 0 Å². The molecule has 1 nitrogen and oxygen atoms in total. The summed E-state index contributed by atoms with van der Waals surface area (Å²) in [6.45, 7) is 2.15. The topological polar surface area (TPSA) is 12.0 Å². The fourth-order valence-electron chi connectivity index (χ4n) is 2.34. The highest BCUT2D eigenvalue weighted by Gasteiger charge is 2.11. The van der Waals surface area contributed by atoms with E-state index in [2.05, 4.69) is 52.4 Å². The Hall–Kier alpha value is -1.19. The average Bonchev–Trinajstić information content (AvgIpc) is 2.44. The Morgan fingerprint density at radius 3 is 2.35 bits per heavy atom. The predicted octanol–water partition coefficient (Wildman–Crippen LogP) is 4.65. The van der Waals surface area contributed by atoms with Crippen molar-refractivity contribution in [1.29, 1.82) is 0 Å². The van der Waals surface area contributed by atoms with Crippen LogP contribution in [0.15, 0.2) is 46.9 Å². The van der Waals surface area contributed by atoms with Gasteiger partial charge in [-0.15, -0.1) is 0 Å². The summed E-state index contributed by atoms with van der Waals surface area (Å²) in [5, 5.41) is 3.31. The van der Waals surface area contributed by atoms with Crippen molar-refractivity contribution in [2.45, 2.75) is 25.8 Å². The fourth-order valence-corrected chi connectivity index (χ4v) is 2.85. The molecule has 20 heavy (non-hydrogen) atoms. The minimum Gasteiger partial charge on any atom is -0.313 e. The lowest BCUT2D eigenvalue weighted by atomic mass is 9.97. The molecule has 1 unspecified atom stereocenters. The normalized spacial score (nSPS) is 12.4. The smallest absolute Gasteiger partial charge is 0.124 e. The highest BCUT2D eigenvalue weighted by Crippen LogP contribution is 2.22. The minimum atomic E-state index is -0.203. The van der Waals surface area contributed by atoms with E-state index in [0.29, 0.717) is 0 Å². The van der Waals surface area contributed by atoms with Crippen LogP contribution < -0.4 is 5.32 Å². The number of nitrogens with one attached hydrogen (secondary N) is 1. The van der Waals surface area contributed by atoms with Crippen molar-refractivity contribution in [3.63, 3.8) is 0 Å². The van der Waals surface area contributed by atoms with Gasteiger partial charge in [-0.25, -0.2) is 4.39 Å². The molecule has 3 heteroatoms. The molecule has 0 aliphatic carbocycles. The molecule has 0 aromatic heterocycles. The molecule has 2 aromatic rings. The highest BCUT2D eigenvalue weighted by atomic mass is 79.9. The monoisotopic (exact) mass is 335 g/mol. The van der Waals surface area contributed by atoms with Crippen molar-refractivity contribution in [1.82, 2.24) is 5.32 Å². The van der Waals surface area contributed by atoms with Crippen molar-refractivity contribution in [2.75, 3.05) is 7.05 Å². The molecule has 0 aliphatic rings. The highest BCUT2D eigenvalue weighted by molar-refractivity contribution is 9.10. The van der Waals surface area contributed by atoms with Gasteiger partial charge in [0.15, 0.2) is 0 Å². The number of hydrogen-bond acceptors (Lipinski definition) is 1. The first-order valence-electron chi connectivity index (χ1n) is 6.83. The zero-order chi connectivity index (χ0) is 14.5. The summed E-state index contributed by atoms with van der Waals surface area (Å²) in [6, 6.07) is 13.8. The van der Waals surface area contributed by atoms with Gasteiger partial charge < -0.3 is 5.32 Å². The van der Waals surface area contributed by atoms with Crippen molar-refractivity contribution >= 4 is 15.9 Å². The first-order chi connectivity index (χ1) is 9.62. The summed E-state index contributed by atoms with van der Waals surface area (Å²) in [5.74, 6) is -0.203. The second-order valence-electron chi connectivity index (χ2n) is 4.92. The van der Waals surface area contributed by atoms with Crippen molar-refractivity contribution in [3.8, 4) is 0 Å². The van der Waals surface area contributed by atoms with Gasteiger partial charge in [-0.05, 0) is 54.8 Å². The third-order valence-electron chi connectivity index (χ3n) is 3.50. The lowest BCUT2D eigenvalue weighted by Crippen LogP contribution is -2.18. The Labute approximate surface area is 128 Å². The van der Waals surface area contributed by atoms with Crippen LogP contribution in [0.2, 0.25) is 0 Å². The van der Waals surface area contributed by atoms with E-state index in [9.17, 15) is 4.39 Å². The van der Waals surface area contributed by atoms with E-state index in [-0.39, 0.29) is 11.9 Å². The van der Waals surface area contributed by atoms with Gasteiger partial charge in [-0.2, -0.15) is 0 Å². The molecule has 0 heterocycles. The number of aryl methyl sites for hydroxylation is 1. The number of rotatable bonds is 5.